The Morgan fingerprint density at radius 1 is 1.10 bits per heavy atom. The molecule has 0 saturated carbocycles. The zero-order chi connectivity index (χ0) is 29.1. The van der Waals surface area contributed by atoms with Crippen LogP contribution in [-0.4, -0.2) is 63.8 Å². The van der Waals surface area contributed by atoms with Gasteiger partial charge in [-0.2, -0.15) is 5.10 Å². The summed E-state index contributed by atoms with van der Waals surface area (Å²) in [4.78, 5) is 30.8. The van der Waals surface area contributed by atoms with E-state index in [2.05, 4.69) is 64.8 Å². The molecule has 0 spiro atoms. The normalized spacial score (nSPS) is 15.5. The number of carboxylic acids is 1. The average molecular weight is 575 g/mol. The number of amides is 1. The Labute approximate surface area is 242 Å². The molecular weight excluding hydrogens is 532 g/mol. The standard InChI is InChI=1S/C30H43ClN4O3S/c1-9-35(33-19(2)14-25(37)38)18-24(36)34-12-10-20(11-13-34)28-32-26(27(31)39-28)21-15-22(29(3,4)5)17-23(16-21)30(6,7)8/h15-17,20H,9-14,18H2,1-8H3,(H,37,38)/b33-19+. The number of aliphatic carboxylic acids is 1. The number of likely N-dealkylation sites (N-methyl/N-ethyl adjacent to an activating group) is 1. The molecule has 1 amide bonds. The van der Waals surface area contributed by atoms with Crippen LogP contribution in [0.2, 0.25) is 4.34 Å². The molecule has 9 heteroatoms. The third kappa shape index (κ3) is 8.27. The first-order valence-corrected chi connectivity index (χ1v) is 14.9. The number of benzene rings is 1. The van der Waals surface area contributed by atoms with Crippen LogP contribution in [0.25, 0.3) is 11.3 Å². The van der Waals surface area contributed by atoms with Crippen molar-refractivity contribution in [3.05, 3.63) is 38.7 Å². The quantitative estimate of drug-likeness (QED) is 0.273. The highest BCUT2D eigenvalue weighted by Gasteiger charge is 2.28. The molecule has 3 rings (SSSR count). The van der Waals surface area contributed by atoms with Gasteiger partial charge in [0.2, 0.25) is 5.91 Å². The predicted molar refractivity (Wildman–Crippen MR) is 161 cm³/mol. The van der Waals surface area contributed by atoms with Gasteiger partial charge in [0.05, 0.1) is 11.4 Å². The highest BCUT2D eigenvalue weighted by Crippen LogP contribution is 2.41. The number of likely N-dealkylation sites (tertiary alicyclic amines) is 1. The zero-order valence-corrected chi connectivity index (χ0v) is 26.2. The summed E-state index contributed by atoms with van der Waals surface area (Å²) in [7, 11) is 0. The van der Waals surface area contributed by atoms with E-state index < -0.39 is 5.97 Å². The largest absolute Gasteiger partial charge is 0.481 e. The van der Waals surface area contributed by atoms with E-state index in [4.69, 9.17) is 21.7 Å². The summed E-state index contributed by atoms with van der Waals surface area (Å²) in [6.07, 6.45) is 1.53. The van der Waals surface area contributed by atoms with Gasteiger partial charge in [-0.15, -0.1) is 11.3 Å². The Bertz CT molecular complexity index is 1190. The molecule has 214 valence electrons. The van der Waals surface area contributed by atoms with Crippen LogP contribution in [0.15, 0.2) is 23.3 Å². The van der Waals surface area contributed by atoms with Gasteiger partial charge >= 0.3 is 5.97 Å². The van der Waals surface area contributed by atoms with Gasteiger partial charge in [-0.25, -0.2) is 4.98 Å². The maximum atomic E-state index is 12.9. The lowest BCUT2D eigenvalue weighted by atomic mass is 9.79. The minimum atomic E-state index is -0.928. The molecule has 1 aromatic carbocycles. The molecule has 0 bridgehead atoms. The fourth-order valence-corrected chi connectivity index (χ4v) is 6.02. The molecule has 0 atom stereocenters. The molecule has 1 saturated heterocycles. The lowest BCUT2D eigenvalue weighted by molar-refractivity contribution is -0.135. The number of nitrogens with zero attached hydrogens (tertiary/aromatic N) is 4. The molecule has 2 aromatic rings. The molecule has 0 radical (unpaired) electrons. The minimum Gasteiger partial charge on any atom is -0.481 e. The number of aromatic nitrogens is 1. The average Bonchev–Trinajstić information content (AvgIpc) is 3.23. The fourth-order valence-electron chi connectivity index (χ4n) is 4.65. The first kappa shape index (κ1) is 31.1. The highest BCUT2D eigenvalue weighted by atomic mass is 35.5. The van der Waals surface area contributed by atoms with E-state index in [1.807, 2.05) is 11.8 Å². The van der Waals surface area contributed by atoms with Gasteiger partial charge in [0.15, 0.2) is 0 Å². The Kier molecular flexibility index (Phi) is 9.87. The van der Waals surface area contributed by atoms with Crippen LogP contribution in [0.3, 0.4) is 0 Å². The van der Waals surface area contributed by atoms with Crippen molar-refractivity contribution in [2.75, 3.05) is 26.2 Å². The molecule has 39 heavy (non-hydrogen) atoms. The van der Waals surface area contributed by atoms with Crippen LogP contribution in [0.5, 0.6) is 0 Å². The second-order valence-corrected chi connectivity index (χ2v) is 14.1. The molecule has 2 heterocycles. The third-order valence-electron chi connectivity index (χ3n) is 7.14. The van der Waals surface area contributed by atoms with Gasteiger partial charge in [0.1, 0.15) is 16.6 Å². The molecule has 1 aliphatic heterocycles. The fraction of sp³-hybridized carbons (Fsp3) is 0.600. The highest BCUT2D eigenvalue weighted by molar-refractivity contribution is 7.16. The van der Waals surface area contributed by atoms with Crippen LogP contribution in [-0.2, 0) is 20.4 Å². The van der Waals surface area contributed by atoms with Crippen molar-refractivity contribution in [2.45, 2.75) is 91.4 Å². The molecule has 1 aromatic heterocycles. The SMILES string of the molecule is CCN(CC(=O)N1CCC(c2nc(-c3cc(C(C)(C)C)cc(C(C)(C)C)c3)c(Cl)s2)CC1)/N=C(\C)CC(=O)O. The first-order valence-electron chi connectivity index (χ1n) is 13.7. The molecule has 7 nitrogen and oxygen atoms in total. The summed E-state index contributed by atoms with van der Waals surface area (Å²) in [6, 6.07) is 6.75. The second-order valence-electron chi connectivity index (χ2n) is 12.5. The van der Waals surface area contributed by atoms with E-state index in [9.17, 15) is 9.59 Å². The van der Waals surface area contributed by atoms with Crippen LogP contribution >= 0.6 is 22.9 Å². The van der Waals surface area contributed by atoms with Crippen molar-refractivity contribution in [2.24, 2.45) is 5.10 Å². The first-order chi connectivity index (χ1) is 18.1. The van der Waals surface area contributed by atoms with Crippen molar-refractivity contribution < 1.29 is 14.7 Å². The van der Waals surface area contributed by atoms with Gasteiger partial charge < -0.3 is 10.0 Å². The van der Waals surface area contributed by atoms with Crippen molar-refractivity contribution >= 4 is 40.5 Å². The van der Waals surface area contributed by atoms with E-state index in [0.29, 0.717) is 29.7 Å². The van der Waals surface area contributed by atoms with E-state index in [-0.39, 0.29) is 35.6 Å². The van der Waals surface area contributed by atoms with Gasteiger partial charge in [-0.1, -0.05) is 59.2 Å². The zero-order valence-electron chi connectivity index (χ0n) is 24.6. The maximum absolute atomic E-state index is 12.9. The van der Waals surface area contributed by atoms with Crippen molar-refractivity contribution in [1.82, 2.24) is 14.9 Å². The lowest BCUT2D eigenvalue weighted by Gasteiger charge is -2.32. The summed E-state index contributed by atoms with van der Waals surface area (Å²) in [5, 5.41) is 15.9. The van der Waals surface area contributed by atoms with Crippen LogP contribution in [0.4, 0.5) is 0 Å². The topological polar surface area (TPSA) is 86.1 Å². The lowest BCUT2D eigenvalue weighted by Crippen LogP contribution is -2.43. The van der Waals surface area contributed by atoms with Crippen molar-refractivity contribution in [3.63, 3.8) is 0 Å². The van der Waals surface area contributed by atoms with Gasteiger partial charge in [0.25, 0.3) is 0 Å². The van der Waals surface area contributed by atoms with Crippen molar-refractivity contribution in [1.29, 1.82) is 0 Å². The summed E-state index contributed by atoms with van der Waals surface area (Å²) in [5.74, 6) is -0.660. The Balaban J connectivity index is 1.72. The van der Waals surface area contributed by atoms with Gasteiger partial charge in [0, 0.05) is 36.8 Å². The number of hydrazone groups is 1. The van der Waals surface area contributed by atoms with E-state index in [1.165, 1.54) is 11.1 Å². The Morgan fingerprint density at radius 3 is 2.15 bits per heavy atom. The number of thiazole rings is 1. The third-order valence-corrected chi connectivity index (χ3v) is 8.56. The molecule has 0 unspecified atom stereocenters. The number of halogens is 1. The van der Waals surface area contributed by atoms with Gasteiger partial charge in [-0.3, -0.25) is 14.6 Å². The van der Waals surface area contributed by atoms with Crippen LogP contribution in [0.1, 0.15) is 96.7 Å². The molecule has 1 N–H and O–H groups in total. The number of hydrogen-bond donors (Lipinski definition) is 1. The number of rotatable bonds is 8. The molecule has 1 fully saturated rings. The second kappa shape index (κ2) is 12.4. The van der Waals surface area contributed by atoms with Gasteiger partial charge in [-0.05, 0) is 60.8 Å². The minimum absolute atomic E-state index is 0.00809. The number of carbonyl (C=O) groups is 2. The smallest absolute Gasteiger partial charge is 0.309 e. The molecular formula is C30H43ClN4O3S. The maximum Gasteiger partial charge on any atom is 0.309 e. The Hall–Kier alpha value is -2.45. The van der Waals surface area contributed by atoms with Crippen LogP contribution < -0.4 is 0 Å². The number of carbonyl (C=O) groups excluding carboxylic acids is 1. The van der Waals surface area contributed by atoms with E-state index in [1.54, 1.807) is 23.3 Å². The van der Waals surface area contributed by atoms with Crippen LogP contribution in [0, 0.1) is 0 Å². The predicted octanol–water partition coefficient (Wildman–Crippen LogP) is 6.94. The van der Waals surface area contributed by atoms with E-state index in [0.717, 1.165) is 29.1 Å². The van der Waals surface area contributed by atoms with Crippen molar-refractivity contribution in [3.8, 4) is 11.3 Å². The number of piperidine rings is 1. The Morgan fingerprint density at radius 2 is 1.67 bits per heavy atom. The van der Waals surface area contributed by atoms with E-state index >= 15 is 0 Å². The molecule has 1 aliphatic rings. The summed E-state index contributed by atoms with van der Waals surface area (Å²) < 4.78 is 0.711. The summed E-state index contributed by atoms with van der Waals surface area (Å²) in [6.45, 7) is 18.9. The number of carboxylic acid groups (broad SMARTS) is 1. The monoisotopic (exact) mass is 574 g/mol. The number of hydrogen-bond acceptors (Lipinski definition) is 6. The molecule has 0 aliphatic carbocycles. The summed E-state index contributed by atoms with van der Waals surface area (Å²) >= 11 is 8.35. The summed E-state index contributed by atoms with van der Waals surface area (Å²) in [5.41, 5.74) is 4.94.